The fourth-order valence-corrected chi connectivity index (χ4v) is 2.14. The van der Waals surface area contributed by atoms with Crippen LogP contribution in [-0.4, -0.2) is 42.9 Å². The molecule has 1 saturated heterocycles. The first-order valence-electron chi connectivity index (χ1n) is 5.61. The van der Waals surface area contributed by atoms with Crippen LogP contribution in [0.3, 0.4) is 0 Å². The number of halogens is 2. The minimum atomic E-state index is -0.461. The molecule has 1 fully saturated rings. The van der Waals surface area contributed by atoms with Crippen LogP contribution in [0.2, 0.25) is 0 Å². The van der Waals surface area contributed by atoms with E-state index in [4.69, 9.17) is 0 Å². The van der Waals surface area contributed by atoms with E-state index < -0.39 is 6.67 Å². The van der Waals surface area contributed by atoms with Crippen LogP contribution in [0, 0.1) is 0 Å². The molecule has 0 spiro atoms. The van der Waals surface area contributed by atoms with Crippen molar-refractivity contribution in [1.82, 2.24) is 10.2 Å². The van der Waals surface area contributed by atoms with Gasteiger partial charge in [0.15, 0.2) is 0 Å². The van der Waals surface area contributed by atoms with Crippen molar-refractivity contribution in [1.29, 1.82) is 0 Å². The van der Waals surface area contributed by atoms with Crippen LogP contribution < -0.4 is 5.32 Å². The summed E-state index contributed by atoms with van der Waals surface area (Å²) in [4.78, 5) is 2.07. The number of phenols is 1. The van der Waals surface area contributed by atoms with Gasteiger partial charge in [-0.05, 0) is 6.07 Å². The Morgan fingerprint density at radius 3 is 2.53 bits per heavy atom. The number of hydrogen-bond acceptors (Lipinski definition) is 3. The number of rotatable bonds is 3. The summed E-state index contributed by atoms with van der Waals surface area (Å²) in [5, 5.41) is 13.0. The molecular formula is C12H18ClFN2O. The number of nitrogens with one attached hydrogen (secondary N) is 1. The van der Waals surface area contributed by atoms with Crippen LogP contribution in [0.25, 0.3) is 0 Å². The second-order valence-corrected chi connectivity index (χ2v) is 4.01. The zero-order valence-corrected chi connectivity index (χ0v) is 10.4. The van der Waals surface area contributed by atoms with E-state index in [-0.39, 0.29) is 24.2 Å². The van der Waals surface area contributed by atoms with Gasteiger partial charge in [-0.25, -0.2) is 4.39 Å². The Hall–Kier alpha value is -0.840. The quantitative estimate of drug-likeness (QED) is 0.869. The van der Waals surface area contributed by atoms with Crippen molar-refractivity contribution in [2.45, 2.75) is 6.04 Å². The molecule has 5 heteroatoms. The van der Waals surface area contributed by atoms with Crippen LogP contribution in [0.5, 0.6) is 5.75 Å². The van der Waals surface area contributed by atoms with Crippen molar-refractivity contribution >= 4 is 12.4 Å². The van der Waals surface area contributed by atoms with Crippen molar-refractivity contribution in [2.75, 3.05) is 32.9 Å². The number of para-hydroxylation sites is 1. The third-order valence-electron chi connectivity index (χ3n) is 3.03. The second kappa shape index (κ2) is 6.79. The van der Waals surface area contributed by atoms with Crippen molar-refractivity contribution in [3.8, 4) is 5.75 Å². The highest BCUT2D eigenvalue weighted by Gasteiger charge is 2.23. The first kappa shape index (κ1) is 14.2. The fourth-order valence-electron chi connectivity index (χ4n) is 2.14. The summed E-state index contributed by atoms with van der Waals surface area (Å²) in [7, 11) is 0. The average molecular weight is 261 g/mol. The molecule has 96 valence electrons. The van der Waals surface area contributed by atoms with Crippen LogP contribution in [-0.2, 0) is 0 Å². The number of hydrogen-bond donors (Lipinski definition) is 2. The number of nitrogens with zero attached hydrogens (tertiary/aromatic N) is 1. The topological polar surface area (TPSA) is 35.5 Å². The van der Waals surface area contributed by atoms with E-state index in [1.165, 1.54) is 0 Å². The van der Waals surface area contributed by atoms with E-state index in [1.54, 1.807) is 18.2 Å². The van der Waals surface area contributed by atoms with Gasteiger partial charge in [0.1, 0.15) is 12.4 Å². The Labute approximate surface area is 107 Å². The summed E-state index contributed by atoms with van der Waals surface area (Å²) in [6.45, 7) is 2.94. The first-order valence-corrected chi connectivity index (χ1v) is 5.61. The van der Waals surface area contributed by atoms with Gasteiger partial charge in [-0.3, -0.25) is 4.90 Å². The van der Waals surface area contributed by atoms with Crippen LogP contribution in [0.1, 0.15) is 11.6 Å². The molecule has 0 amide bonds. The average Bonchev–Trinajstić information content (AvgIpc) is 2.34. The maximum Gasteiger partial charge on any atom is 0.120 e. The van der Waals surface area contributed by atoms with Gasteiger partial charge in [0.05, 0.1) is 6.04 Å². The lowest BCUT2D eigenvalue weighted by Crippen LogP contribution is -2.45. The molecule has 1 heterocycles. The van der Waals surface area contributed by atoms with E-state index in [9.17, 15) is 9.50 Å². The van der Waals surface area contributed by atoms with Gasteiger partial charge < -0.3 is 10.4 Å². The first-order chi connectivity index (χ1) is 7.83. The summed E-state index contributed by atoms with van der Waals surface area (Å²) in [6.07, 6.45) is 0. The zero-order chi connectivity index (χ0) is 11.4. The van der Waals surface area contributed by atoms with Gasteiger partial charge in [-0.1, -0.05) is 18.2 Å². The van der Waals surface area contributed by atoms with Gasteiger partial charge in [0.2, 0.25) is 0 Å². The summed E-state index contributed by atoms with van der Waals surface area (Å²) in [6, 6.07) is 6.68. The Kier molecular flexibility index (Phi) is 5.68. The van der Waals surface area contributed by atoms with Gasteiger partial charge in [0.25, 0.3) is 0 Å². The molecule has 1 atom stereocenters. The summed E-state index contributed by atoms with van der Waals surface area (Å²) in [5.74, 6) is 0.184. The Morgan fingerprint density at radius 2 is 1.94 bits per heavy atom. The molecule has 1 aliphatic heterocycles. The number of alkyl halides is 1. The third kappa shape index (κ3) is 3.31. The molecule has 0 aromatic heterocycles. The molecule has 0 bridgehead atoms. The summed E-state index contributed by atoms with van der Waals surface area (Å²) < 4.78 is 13.1. The van der Waals surface area contributed by atoms with Crippen LogP contribution in [0.15, 0.2) is 24.3 Å². The molecule has 1 aromatic carbocycles. The molecule has 0 aliphatic carbocycles. The smallest absolute Gasteiger partial charge is 0.120 e. The number of aromatic hydroxyl groups is 1. The molecule has 1 aromatic rings. The largest absolute Gasteiger partial charge is 0.508 e. The lowest BCUT2D eigenvalue weighted by atomic mass is 10.0. The molecule has 0 saturated carbocycles. The van der Waals surface area contributed by atoms with E-state index in [2.05, 4.69) is 10.2 Å². The van der Waals surface area contributed by atoms with Gasteiger partial charge in [-0.2, -0.15) is 0 Å². The van der Waals surface area contributed by atoms with Gasteiger partial charge in [0, 0.05) is 31.7 Å². The Morgan fingerprint density at radius 1 is 1.29 bits per heavy atom. The fraction of sp³-hybridized carbons (Fsp3) is 0.500. The van der Waals surface area contributed by atoms with Crippen LogP contribution in [0.4, 0.5) is 4.39 Å². The van der Waals surface area contributed by atoms with E-state index in [0.717, 1.165) is 26.2 Å². The summed E-state index contributed by atoms with van der Waals surface area (Å²) >= 11 is 0. The van der Waals surface area contributed by atoms with E-state index in [0.29, 0.717) is 5.56 Å². The van der Waals surface area contributed by atoms with E-state index >= 15 is 0 Å². The lowest BCUT2D eigenvalue weighted by molar-refractivity contribution is 0.145. The van der Waals surface area contributed by atoms with Crippen molar-refractivity contribution < 1.29 is 9.50 Å². The Bertz CT molecular complexity index is 345. The monoisotopic (exact) mass is 260 g/mol. The highest BCUT2D eigenvalue weighted by molar-refractivity contribution is 5.85. The number of piperazine rings is 1. The maximum absolute atomic E-state index is 13.1. The van der Waals surface area contributed by atoms with Gasteiger partial charge in [-0.15, -0.1) is 12.4 Å². The molecule has 1 aliphatic rings. The Balaban J connectivity index is 0.00000144. The predicted molar refractivity (Wildman–Crippen MR) is 68.5 cm³/mol. The highest BCUT2D eigenvalue weighted by Crippen LogP contribution is 2.28. The van der Waals surface area contributed by atoms with E-state index in [1.807, 2.05) is 6.07 Å². The number of benzene rings is 1. The van der Waals surface area contributed by atoms with Crippen LogP contribution >= 0.6 is 12.4 Å². The third-order valence-corrected chi connectivity index (χ3v) is 3.03. The normalized spacial score (nSPS) is 18.4. The number of phenolic OH excluding ortho intramolecular Hbond substituents is 1. The molecular weight excluding hydrogens is 243 g/mol. The zero-order valence-electron chi connectivity index (χ0n) is 9.60. The second-order valence-electron chi connectivity index (χ2n) is 4.01. The van der Waals surface area contributed by atoms with Crippen molar-refractivity contribution in [3.63, 3.8) is 0 Å². The highest BCUT2D eigenvalue weighted by atomic mass is 35.5. The molecule has 3 nitrogen and oxygen atoms in total. The molecule has 0 unspecified atom stereocenters. The lowest BCUT2D eigenvalue weighted by Gasteiger charge is -2.33. The summed E-state index contributed by atoms with van der Waals surface area (Å²) in [5.41, 5.74) is 0.687. The molecule has 2 N–H and O–H groups in total. The van der Waals surface area contributed by atoms with Crippen molar-refractivity contribution in [3.05, 3.63) is 29.8 Å². The standard InChI is InChI=1S/C12H17FN2O.ClH/c13-9-11(15-7-5-14-6-8-15)10-3-1-2-4-12(10)16;/h1-4,11,14,16H,5-9H2;1H/t11-;/m0./s1. The van der Waals surface area contributed by atoms with Gasteiger partial charge >= 0.3 is 0 Å². The predicted octanol–water partition coefficient (Wildman–Crippen LogP) is 1.73. The van der Waals surface area contributed by atoms with Crippen molar-refractivity contribution in [2.24, 2.45) is 0 Å². The SMILES string of the molecule is Cl.Oc1ccccc1[C@H](CF)N1CCNCC1. The minimum absolute atomic E-state index is 0. The molecule has 17 heavy (non-hydrogen) atoms. The molecule has 2 rings (SSSR count). The maximum atomic E-state index is 13.1. The molecule has 0 radical (unpaired) electrons. The minimum Gasteiger partial charge on any atom is -0.508 e.